The van der Waals surface area contributed by atoms with E-state index >= 15 is 0 Å². The summed E-state index contributed by atoms with van der Waals surface area (Å²) in [6, 6.07) is 1.81. The molecule has 1 aromatic heterocycles. The summed E-state index contributed by atoms with van der Waals surface area (Å²) >= 11 is 0. The van der Waals surface area contributed by atoms with E-state index in [-0.39, 0.29) is 0 Å². The lowest BCUT2D eigenvalue weighted by molar-refractivity contribution is 0.322. The Morgan fingerprint density at radius 1 is 1.60 bits per heavy atom. The minimum Gasteiger partial charge on any atom is -0.472 e. The van der Waals surface area contributed by atoms with Gasteiger partial charge >= 0.3 is 0 Å². The SMILES string of the molecule is O/N=C/C=C/c1ccoc1. The summed E-state index contributed by atoms with van der Waals surface area (Å²) < 4.78 is 4.79. The zero-order valence-electron chi connectivity index (χ0n) is 5.27. The number of oxime groups is 1. The van der Waals surface area contributed by atoms with Crippen molar-refractivity contribution >= 4 is 12.3 Å². The van der Waals surface area contributed by atoms with Gasteiger partial charge in [0, 0.05) is 5.56 Å². The van der Waals surface area contributed by atoms with Crippen molar-refractivity contribution in [3.8, 4) is 0 Å². The maximum atomic E-state index is 7.99. The van der Waals surface area contributed by atoms with E-state index in [1.807, 2.05) is 6.07 Å². The highest BCUT2D eigenvalue weighted by Gasteiger charge is 1.82. The van der Waals surface area contributed by atoms with Gasteiger partial charge in [-0.2, -0.15) is 0 Å². The molecule has 1 rings (SSSR count). The van der Waals surface area contributed by atoms with Gasteiger partial charge in [-0.25, -0.2) is 0 Å². The standard InChI is InChI=1S/C7H7NO2/c9-8-4-1-2-7-3-5-10-6-7/h1-6,9H/b2-1+,8-4+. The lowest BCUT2D eigenvalue weighted by Gasteiger charge is -1.75. The molecule has 1 aromatic rings. The Morgan fingerprint density at radius 2 is 2.50 bits per heavy atom. The molecule has 0 bridgehead atoms. The molecule has 52 valence electrons. The second-order valence-corrected chi connectivity index (χ2v) is 1.68. The third-order valence-corrected chi connectivity index (χ3v) is 0.985. The van der Waals surface area contributed by atoms with Crippen molar-refractivity contribution < 1.29 is 9.62 Å². The van der Waals surface area contributed by atoms with Gasteiger partial charge in [0.15, 0.2) is 0 Å². The highest BCUT2D eigenvalue weighted by molar-refractivity contribution is 5.77. The lowest BCUT2D eigenvalue weighted by atomic mass is 10.3. The van der Waals surface area contributed by atoms with Gasteiger partial charge in [-0.3, -0.25) is 0 Å². The minimum absolute atomic E-state index is 0.944. The van der Waals surface area contributed by atoms with Crippen LogP contribution in [0.15, 0.2) is 34.2 Å². The molecule has 0 aliphatic heterocycles. The average molecular weight is 137 g/mol. The topological polar surface area (TPSA) is 45.7 Å². The van der Waals surface area contributed by atoms with E-state index in [4.69, 9.17) is 9.62 Å². The molecular formula is C7H7NO2. The number of rotatable bonds is 2. The molecule has 1 heterocycles. The number of nitrogens with zero attached hydrogens (tertiary/aromatic N) is 1. The predicted molar refractivity (Wildman–Crippen MR) is 38.0 cm³/mol. The molecule has 0 atom stereocenters. The van der Waals surface area contributed by atoms with Crippen LogP contribution < -0.4 is 0 Å². The van der Waals surface area contributed by atoms with Crippen LogP contribution in [0.4, 0.5) is 0 Å². The van der Waals surface area contributed by atoms with Crippen LogP contribution in [0.5, 0.6) is 0 Å². The Bertz CT molecular complexity index is 224. The number of furan rings is 1. The van der Waals surface area contributed by atoms with E-state index in [1.165, 1.54) is 6.21 Å². The third kappa shape index (κ3) is 1.78. The van der Waals surface area contributed by atoms with Crippen LogP contribution >= 0.6 is 0 Å². The fraction of sp³-hybridized carbons (Fsp3) is 0. The van der Waals surface area contributed by atoms with Gasteiger partial charge < -0.3 is 9.62 Å². The molecule has 10 heavy (non-hydrogen) atoms. The van der Waals surface area contributed by atoms with Crippen molar-refractivity contribution in [2.45, 2.75) is 0 Å². The van der Waals surface area contributed by atoms with Crippen LogP contribution in [0.2, 0.25) is 0 Å². The van der Waals surface area contributed by atoms with Gasteiger partial charge in [0.2, 0.25) is 0 Å². The van der Waals surface area contributed by atoms with Crippen LogP contribution in [0.1, 0.15) is 5.56 Å². The van der Waals surface area contributed by atoms with Gasteiger partial charge in [0.05, 0.1) is 18.7 Å². The third-order valence-electron chi connectivity index (χ3n) is 0.985. The van der Waals surface area contributed by atoms with Crippen molar-refractivity contribution in [1.82, 2.24) is 0 Å². The van der Waals surface area contributed by atoms with Gasteiger partial charge in [0.1, 0.15) is 0 Å². The van der Waals surface area contributed by atoms with Gasteiger partial charge in [-0.05, 0) is 12.1 Å². The lowest BCUT2D eigenvalue weighted by Crippen LogP contribution is -1.63. The summed E-state index contributed by atoms with van der Waals surface area (Å²) in [5, 5.41) is 10.8. The minimum atomic E-state index is 0.944. The first kappa shape index (κ1) is 6.61. The number of allylic oxidation sites excluding steroid dienone is 1. The summed E-state index contributed by atoms with van der Waals surface area (Å²) in [6.45, 7) is 0. The van der Waals surface area contributed by atoms with E-state index < -0.39 is 0 Å². The van der Waals surface area contributed by atoms with Gasteiger partial charge in [0.25, 0.3) is 0 Å². The molecule has 3 heteroatoms. The van der Waals surface area contributed by atoms with Crippen LogP contribution in [-0.2, 0) is 0 Å². The first-order valence-electron chi connectivity index (χ1n) is 2.80. The fourth-order valence-electron chi connectivity index (χ4n) is 0.562. The molecule has 0 saturated carbocycles. The maximum Gasteiger partial charge on any atom is 0.0974 e. The predicted octanol–water partition coefficient (Wildman–Crippen LogP) is 1.75. The van der Waals surface area contributed by atoms with Crippen molar-refractivity contribution in [3.63, 3.8) is 0 Å². The Kier molecular flexibility index (Phi) is 2.31. The Morgan fingerprint density at radius 3 is 3.10 bits per heavy atom. The van der Waals surface area contributed by atoms with Crippen LogP contribution in [0, 0.1) is 0 Å². The molecule has 0 aliphatic rings. The quantitative estimate of drug-likeness (QED) is 0.383. The van der Waals surface area contributed by atoms with Crippen molar-refractivity contribution in [2.75, 3.05) is 0 Å². The van der Waals surface area contributed by atoms with Crippen LogP contribution in [0.3, 0.4) is 0 Å². The number of hydrogen-bond donors (Lipinski definition) is 1. The number of hydrogen-bond acceptors (Lipinski definition) is 3. The second kappa shape index (κ2) is 3.50. The maximum absolute atomic E-state index is 7.99. The Hall–Kier alpha value is -1.51. The summed E-state index contributed by atoms with van der Waals surface area (Å²) in [7, 11) is 0. The van der Waals surface area contributed by atoms with Crippen molar-refractivity contribution in [2.24, 2.45) is 5.16 Å². The molecular weight excluding hydrogens is 130 g/mol. The van der Waals surface area contributed by atoms with Gasteiger partial charge in [-0.1, -0.05) is 11.2 Å². The monoisotopic (exact) mass is 137 g/mol. The largest absolute Gasteiger partial charge is 0.472 e. The molecule has 0 amide bonds. The van der Waals surface area contributed by atoms with E-state index in [0.29, 0.717) is 0 Å². The fourth-order valence-corrected chi connectivity index (χ4v) is 0.562. The van der Waals surface area contributed by atoms with E-state index in [0.717, 1.165) is 5.56 Å². The van der Waals surface area contributed by atoms with Crippen LogP contribution in [0.25, 0.3) is 6.08 Å². The second-order valence-electron chi connectivity index (χ2n) is 1.68. The summed E-state index contributed by atoms with van der Waals surface area (Å²) in [5.74, 6) is 0. The van der Waals surface area contributed by atoms with Crippen molar-refractivity contribution in [3.05, 3.63) is 30.2 Å². The van der Waals surface area contributed by atoms with Gasteiger partial charge in [-0.15, -0.1) is 0 Å². The molecule has 0 saturated heterocycles. The highest BCUT2D eigenvalue weighted by atomic mass is 16.4. The smallest absolute Gasteiger partial charge is 0.0974 e. The zero-order valence-corrected chi connectivity index (χ0v) is 5.27. The molecule has 0 unspecified atom stereocenters. The molecule has 0 aromatic carbocycles. The highest BCUT2D eigenvalue weighted by Crippen LogP contribution is 2.00. The Labute approximate surface area is 58.3 Å². The van der Waals surface area contributed by atoms with Crippen LogP contribution in [-0.4, -0.2) is 11.4 Å². The Balaban J connectivity index is 2.55. The van der Waals surface area contributed by atoms with Crippen molar-refractivity contribution in [1.29, 1.82) is 0 Å². The first-order chi connectivity index (χ1) is 4.93. The molecule has 0 radical (unpaired) electrons. The zero-order chi connectivity index (χ0) is 7.23. The van der Waals surface area contributed by atoms with E-state index in [2.05, 4.69) is 5.16 Å². The normalized spacial score (nSPS) is 11.6. The average Bonchev–Trinajstić information content (AvgIpc) is 2.41. The summed E-state index contributed by atoms with van der Waals surface area (Å²) in [5.41, 5.74) is 0.944. The van der Waals surface area contributed by atoms with E-state index in [9.17, 15) is 0 Å². The van der Waals surface area contributed by atoms with E-state index in [1.54, 1.807) is 24.7 Å². The molecule has 0 aliphatic carbocycles. The molecule has 3 nitrogen and oxygen atoms in total. The molecule has 1 N–H and O–H groups in total. The molecule has 0 spiro atoms. The first-order valence-corrected chi connectivity index (χ1v) is 2.80. The summed E-state index contributed by atoms with van der Waals surface area (Å²) in [4.78, 5) is 0. The summed E-state index contributed by atoms with van der Waals surface area (Å²) in [6.07, 6.45) is 7.85. The molecule has 0 fully saturated rings.